The lowest BCUT2D eigenvalue weighted by atomic mass is 10.1. The molecule has 7 heteroatoms. The highest BCUT2D eigenvalue weighted by molar-refractivity contribution is 7.21. The lowest BCUT2D eigenvalue weighted by Gasteiger charge is -2.42. The predicted molar refractivity (Wildman–Crippen MR) is 84.4 cm³/mol. The van der Waals surface area contributed by atoms with E-state index in [2.05, 4.69) is 35.8 Å². The summed E-state index contributed by atoms with van der Waals surface area (Å²) in [7, 11) is 2.10. The summed E-state index contributed by atoms with van der Waals surface area (Å²) >= 11 is 1.33. The molecule has 2 N–H and O–H groups in total. The summed E-state index contributed by atoms with van der Waals surface area (Å²) in [4.78, 5) is 26.7. The molecule has 2 unspecified atom stereocenters. The van der Waals surface area contributed by atoms with Gasteiger partial charge in [0.1, 0.15) is 15.2 Å². The number of thiophene rings is 1. The van der Waals surface area contributed by atoms with E-state index in [0.717, 1.165) is 0 Å². The summed E-state index contributed by atoms with van der Waals surface area (Å²) in [6, 6.07) is 0.675. The van der Waals surface area contributed by atoms with Gasteiger partial charge in [0.25, 0.3) is 5.91 Å². The zero-order valence-corrected chi connectivity index (χ0v) is 13.2. The van der Waals surface area contributed by atoms with Crippen molar-refractivity contribution >= 4 is 33.3 Å². The van der Waals surface area contributed by atoms with Gasteiger partial charge in [0, 0.05) is 37.6 Å². The number of nitrogen functional groups attached to an aromatic ring is 1. The second-order valence-electron chi connectivity index (χ2n) is 5.63. The van der Waals surface area contributed by atoms with E-state index in [4.69, 9.17) is 5.73 Å². The summed E-state index contributed by atoms with van der Waals surface area (Å²) in [5.41, 5.74) is 7.17. The predicted octanol–water partition coefficient (Wildman–Crippen LogP) is 1.44. The van der Waals surface area contributed by atoms with Gasteiger partial charge in [-0.05, 0) is 20.9 Å². The van der Waals surface area contributed by atoms with Crippen LogP contribution in [-0.4, -0.2) is 57.9 Å². The highest BCUT2D eigenvalue weighted by Gasteiger charge is 2.31. The molecule has 1 aliphatic heterocycles. The first-order chi connectivity index (χ1) is 9.99. The Balaban J connectivity index is 1.92. The average Bonchev–Trinajstić information content (AvgIpc) is 2.81. The number of hydrogen-bond acceptors (Lipinski definition) is 6. The van der Waals surface area contributed by atoms with Crippen molar-refractivity contribution in [3.8, 4) is 0 Å². The molecule has 2 atom stereocenters. The molecule has 1 fully saturated rings. The quantitative estimate of drug-likeness (QED) is 0.863. The summed E-state index contributed by atoms with van der Waals surface area (Å²) in [5.74, 6) is -0.0101. The van der Waals surface area contributed by atoms with Crippen LogP contribution in [-0.2, 0) is 0 Å². The van der Waals surface area contributed by atoms with Crippen LogP contribution in [0, 0.1) is 0 Å². The number of carbonyl (C=O) groups excluding carboxylic acids is 1. The van der Waals surface area contributed by atoms with Gasteiger partial charge < -0.3 is 10.6 Å². The van der Waals surface area contributed by atoms with E-state index in [0.29, 0.717) is 46.1 Å². The van der Waals surface area contributed by atoms with Crippen LogP contribution >= 0.6 is 11.3 Å². The number of fused-ring (bicyclic) bond motifs is 1. The molecule has 1 saturated heterocycles. The van der Waals surface area contributed by atoms with Gasteiger partial charge in [-0.25, -0.2) is 9.97 Å². The topological polar surface area (TPSA) is 75.3 Å². The van der Waals surface area contributed by atoms with Gasteiger partial charge >= 0.3 is 0 Å². The highest BCUT2D eigenvalue weighted by Crippen LogP contribution is 2.32. The molecular formula is C14H19N5OS. The van der Waals surface area contributed by atoms with Crippen LogP contribution in [0.2, 0.25) is 0 Å². The largest absolute Gasteiger partial charge is 0.396 e. The van der Waals surface area contributed by atoms with Crippen molar-refractivity contribution in [1.29, 1.82) is 0 Å². The van der Waals surface area contributed by atoms with E-state index in [1.807, 2.05) is 4.90 Å². The molecule has 1 aliphatic rings. The number of nitrogens with zero attached hydrogens (tertiary/aromatic N) is 4. The number of piperazine rings is 1. The monoisotopic (exact) mass is 305 g/mol. The summed E-state index contributed by atoms with van der Waals surface area (Å²) in [6.07, 6.45) is 3.21. The third kappa shape index (κ3) is 2.36. The molecule has 6 nitrogen and oxygen atoms in total. The number of rotatable bonds is 1. The number of carbonyl (C=O) groups is 1. The zero-order chi connectivity index (χ0) is 15.1. The van der Waals surface area contributed by atoms with Gasteiger partial charge in [-0.15, -0.1) is 11.3 Å². The van der Waals surface area contributed by atoms with Gasteiger partial charge in [0.05, 0.1) is 5.69 Å². The molecular weight excluding hydrogens is 286 g/mol. The van der Waals surface area contributed by atoms with Gasteiger partial charge in [-0.2, -0.15) is 0 Å². The van der Waals surface area contributed by atoms with Gasteiger partial charge in [-0.1, -0.05) is 0 Å². The van der Waals surface area contributed by atoms with Crippen LogP contribution < -0.4 is 5.73 Å². The highest BCUT2D eigenvalue weighted by atomic mass is 32.1. The summed E-state index contributed by atoms with van der Waals surface area (Å²) in [5, 5.41) is 0. The van der Waals surface area contributed by atoms with Crippen molar-refractivity contribution in [2.45, 2.75) is 25.9 Å². The van der Waals surface area contributed by atoms with Gasteiger partial charge in [0.2, 0.25) is 0 Å². The smallest absolute Gasteiger partial charge is 0.266 e. The Morgan fingerprint density at radius 1 is 1.29 bits per heavy atom. The molecule has 0 saturated carbocycles. The first-order valence-electron chi connectivity index (χ1n) is 6.99. The van der Waals surface area contributed by atoms with Crippen molar-refractivity contribution in [2.75, 3.05) is 25.9 Å². The molecule has 21 heavy (non-hydrogen) atoms. The maximum Gasteiger partial charge on any atom is 0.266 e. The number of anilines is 1. The van der Waals surface area contributed by atoms with Gasteiger partial charge in [0.15, 0.2) is 0 Å². The maximum absolute atomic E-state index is 12.8. The first kappa shape index (κ1) is 14.2. The average molecular weight is 305 g/mol. The lowest BCUT2D eigenvalue weighted by Crippen LogP contribution is -2.56. The third-order valence-electron chi connectivity index (χ3n) is 4.20. The number of hydrogen-bond donors (Lipinski definition) is 1. The van der Waals surface area contributed by atoms with E-state index in [1.54, 1.807) is 12.4 Å². The minimum Gasteiger partial charge on any atom is -0.396 e. The minimum atomic E-state index is -0.0101. The Hall–Kier alpha value is -1.73. The normalized spacial score (nSPS) is 23.7. The molecule has 2 aromatic rings. The molecule has 0 spiro atoms. The molecule has 0 aliphatic carbocycles. The van der Waals surface area contributed by atoms with Crippen LogP contribution in [0.5, 0.6) is 0 Å². The van der Waals surface area contributed by atoms with Crippen molar-refractivity contribution in [1.82, 2.24) is 19.8 Å². The standard InChI is InChI=1S/C14H19N5OS/c1-8-6-19(7-9(2)18(8)3)14(20)12-10(15)11-13(21-12)17-5-4-16-11/h4-5,8-9H,6-7,15H2,1-3H3. The fourth-order valence-corrected chi connectivity index (χ4v) is 3.71. The van der Waals surface area contributed by atoms with Crippen molar-refractivity contribution in [3.63, 3.8) is 0 Å². The van der Waals surface area contributed by atoms with E-state index in [-0.39, 0.29) is 5.91 Å². The Morgan fingerprint density at radius 2 is 1.90 bits per heavy atom. The Kier molecular flexibility index (Phi) is 3.54. The van der Waals surface area contributed by atoms with Crippen LogP contribution in [0.15, 0.2) is 12.4 Å². The number of aromatic nitrogens is 2. The molecule has 3 heterocycles. The van der Waals surface area contributed by atoms with Crippen LogP contribution in [0.3, 0.4) is 0 Å². The van der Waals surface area contributed by atoms with Crippen LogP contribution in [0.4, 0.5) is 5.69 Å². The van der Waals surface area contributed by atoms with E-state index in [1.165, 1.54) is 11.3 Å². The Morgan fingerprint density at radius 3 is 2.52 bits per heavy atom. The lowest BCUT2D eigenvalue weighted by molar-refractivity contribution is 0.0419. The Labute approximate surface area is 127 Å². The SMILES string of the molecule is CC1CN(C(=O)c2sc3nccnc3c2N)CC(C)N1C. The van der Waals surface area contributed by atoms with Crippen LogP contribution in [0.25, 0.3) is 10.3 Å². The van der Waals surface area contributed by atoms with E-state index < -0.39 is 0 Å². The number of likely N-dealkylation sites (N-methyl/N-ethyl adjacent to an activating group) is 1. The second kappa shape index (κ2) is 5.23. The number of nitrogens with two attached hydrogens (primary N) is 1. The minimum absolute atomic E-state index is 0.0101. The van der Waals surface area contributed by atoms with Crippen molar-refractivity contribution < 1.29 is 4.79 Å². The zero-order valence-electron chi connectivity index (χ0n) is 12.4. The fourth-order valence-electron chi connectivity index (χ4n) is 2.72. The van der Waals surface area contributed by atoms with E-state index >= 15 is 0 Å². The van der Waals surface area contributed by atoms with E-state index in [9.17, 15) is 4.79 Å². The molecule has 0 aromatic carbocycles. The molecule has 3 rings (SSSR count). The first-order valence-corrected chi connectivity index (χ1v) is 7.81. The van der Waals surface area contributed by atoms with Crippen molar-refractivity contribution in [2.24, 2.45) is 0 Å². The summed E-state index contributed by atoms with van der Waals surface area (Å²) in [6.45, 7) is 5.70. The molecule has 0 bridgehead atoms. The number of amides is 1. The molecule has 1 amide bonds. The molecule has 2 aromatic heterocycles. The van der Waals surface area contributed by atoms with Crippen molar-refractivity contribution in [3.05, 3.63) is 17.3 Å². The molecule has 112 valence electrons. The molecule has 0 radical (unpaired) electrons. The Bertz CT molecular complexity index is 673. The maximum atomic E-state index is 12.8. The van der Waals surface area contributed by atoms with Gasteiger partial charge in [-0.3, -0.25) is 9.69 Å². The second-order valence-corrected chi connectivity index (χ2v) is 6.63. The van der Waals surface area contributed by atoms with Crippen LogP contribution in [0.1, 0.15) is 23.5 Å². The fraction of sp³-hybridized carbons (Fsp3) is 0.500. The summed E-state index contributed by atoms with van der Waals surface area (Å²) < 4.78 is 0. The third-order valence-corrected chi connectivity index (χ3v) is 5.30.